The lowest BCUT2D eigenvalue weighted by molar-refractivity contribution is 0.0686. The van der Waals surface area contributed by atoms with Crippen molar-refractivity contribution in [2.45, 2.75) is 0 Å². The van der Waals surface area contributed by atoms with Gasteiger partial charge in [0.1, 0.15) is 5.56 Å². The quantitative estimate of drug-likeness (QED) is 0.879. The molecule has 1 N–H and O–H groups in total. The summed E-state index contributed by atoms with van der Waals surface area (Å²) in [5.74, 6) is -4.32. The Hall–Kier alpha value is -2.15. The third kappa shape index (κ3) is 2.24. The highest BCUT2D eigenvalue weighted by Crippen LogP contribution is 2.39. The topological polar surface area (TPSA) is 72.6 Å². The summed E-state index contributed by atoms with van der Waals surface area (Å²) in [6.45, 7) is 0. The lowest BCUT2D eigenvalue weighted by Crippen LogP contribution is -1.96. The monoisotopic (exact) mass is 289 g/mol. The number of nitrogens with zero attached hydrogens (tertiary/aromatic N) is 1. The molecule has 0 fully saturated rings. The molecule has 1 aromatic carbocycles. The lowest BCUT2D eigenvalue weighted by Gasteiger charge is -2.09. The van der Waals surface area contributed by atoms with Crippen LogP contribution in [0.2, 0.25) is 5.02 Å². The molecule has 0 bridgehead atoms. The summed E-state index contributed by atoms with van der Waals surface area (Å²) in [5, 5.41) is 11.7. The van der Waals surface area contributed by atoms with E-state index in [1.165, 1.54) is 7.11 Å². The van der Waals surface area contributed by atoms with E-state index in [2.05, 4.69) is 9.68 Å². The Morgan fingerprint density at radius 2 is 2.16 bits per heavy atom. The summed E-state index contributed by atoms with van der Waals surface area (Å²) in [6.07, 6.45) is 0. The van der Waals surface area contributed by atoms with E-state index < -0.39 is 28.9 Å². The summed E-state index contributed by atoms with van der Waals surface area (Å²) < 4.78 is 36.6. The number of hydrogen-bond donors (Lipinski definition) is 1. The van der Waals surface area contributed by atoms with Gasteiger partial charge in [-0.3, -0.25) is 0 Å². The molecule has 0 aliphatic heterocycles. The lowest BCUT2D eigenvalue weighted by atomic mass is 10.1. The first kappa shape index (κ1) is 13.3. The van der Waals surface area contributed by atoms with Crippen LogP contribution in [0.3, 0.4) is 0 Å². The average molecular weight is 290 g/mol. The average Bonchev–Trinajstić information content (AvgIpc) is 2.82. The van der Waals surface area contributed by atoms with Gasteiger partial charge in [0.05, 0.1) is 12.1 Å². The van der Waals surface area contributed by atoms with Crippen molar-refractivity contribution in [2.24, 2.45) is 0 Å². The Balaban J connectivity index is 2.69. The van der Waals surface area contributed by atoms with Gasteiger partial charge in [0.2, 0.25) is 0 Å². The van der Waals surface area contributed by atoms with Gasteiger partial charge in [-0.25, -0.2) is 13.6 Å². The summed E-state index contributed by atoms with van der Waals surface area (Å²) in [7, 11) is 1.20. The van der Waals surface area contributed by atoms with Crippen molar-refractivity contribution in [1.29, 1.82) is 0 Å². The molecular weight excluding hydrogens is 284 g/mol. The van der Waals surface area contributed by atoms with Crippen LogP contribution in [0.15, 0.2) is 16.7 Å². The van der Waals surface area contributed by atoms with Crippen molar-refractivity contribution in [3.8, 4) is 17.1 Å². The number of carboxylic acid groups (broad SMARTS) is 1. The maximum absolute atomic E-state index is 13.8. The second kappa shape index (κ2) is 4.85. The van der Waals surface area contributed by atoms with Crippen LogP contribution < -0.4 is 4.74 Å². The van der Waals surface area contributed by atoms with Crippen LogP contribution in [0.25, 0.3) is 11.3 Å². The number of rotatable bonds is 3. The first-order valence-electron chi connectivity index (χ1n) is 4.87. The molecule has 8 heteroatoms. The number of aromatic carboxylic acids is 1. The van der Waals surface area contributed by atoms with E-state index in [-0.39, 0.29) is 16.5 Å². The van der Waals surface area contributed by atoms with Crippen molar-refractivity contribution >= 4 is 17.6 Å². The van der Waals surface area contributed by atoms with E-state index in [0.717, 1.165) is 12.1 Å². The van der Waals surface area contributed by atoms with Crippen LogP contribution in [0.4, 0.5) is 8.78 Å². The molecule has 2 rings (SSSR count). The van der Waals surface area contributed by atoms with Crippen molar-refractivity contribution in [1.82, 2.24) is 5.16 Å². The smallest absolute Gasteiger partial charge is 0.358 e. The Labute approximate surface area is 110 Å². The van der Waals surface area contributed by atoms with Crippen molar-refractivity contribution in [2.75, 3.05) is 7.11 Å². The molecule has 0 unspecified atom stereocenters. The third-order valence-corrected chi connectivity index (χ3v) is 2.59. The minimum atomic E-state index is -1.36. The summed E-state index contributed by atoms with van der Waals surface area (Å²) in [6, 6.07) is 1.69. The van der Waals surface area contributed by atoms with E-state index in [1.54, 1.807) is 0 Å². The van der Waals surface area contributed by atoms with Crippen molar-refractivity contribution in [3.63, 3.8) is 0 Å². The largest absolute Gasteiger partial charge is 0.494 e. The number of methoxy groups -OCH3 is 1. The zero-order valence-corrected chi connectivity index (χ0v) is 10.2. The Morgan fingerprint density at radius 1 is 1.47 bits per heavy atom. The van der Waals surface area contributed by atoms with Gasteiger partial charge < -0.3 is 14.4 Å². The number of aromatic nitrogens is 1. The molecule has 2 aromatic rings. The molecule has 100 valence electrons. The summed E-state index contributed by atoms with van der Waals surface area (Å²) in [5.41, 5.74) is -0.871. The normalized spacial score (nSPS) is 10.5. The van der Waals surface area contributed by atoms with Crippen LogP contribution in [0, 0.1) is 11.6 Å². The number of ether oxygens (including phenoxy) is 1. The zero-order valence-electron chi connectivity index (χ0n) is 9.41. The van der Waals surface area contributed by atoms with Crippen LogP contribution in [-0.2, 0) is 0 Å². The molecule has 0 aliphatic rings. The number of benzene rings is 1. The molecular formula is C11H6ClF2NO4. The number of hydrogen-bond acceptors (Lipinski definition) is 4. The Kier molecular flexibility index (Phi) is 3.39. The van der Waals surface area contributed by atoms with Gasteiger partial charge in [-0.2, -0.15) is 0 Å². The maximum atomic E-state index is 13.8. The molecule has 1 heterocycles. The highest BCUT2D eigenvalue weighted by Gasteiger charge is 2.24. The molecule has 0 saturated carbocycles. The third-order valence-electron chi connectivity index (χ3n) is 2.31. The van der Waals surface area contributed by atoms with E-state index in [9.17, 15) is 13.6 Å². The standard InChI is InChI=1S/C11H6ClF2NO4/c1-18-10-4(12)2-5(13)9(14)8(10)7-3-6(11(16)17)15-19-7/h2-3H,1H3,(H,16,17). The molecule has 0 aliphatic carbocycles. The van der Waals surface area contributed by atoms with E-state index in [0.29, 0.717) is 0 Å². The molecule has 1 aromatic heterocycles. The fourth-order valence-corrected chi connectivity index (χ4v) is 1.76. The van der Waals surface area contributed by atoms with Gasteiger partial charge in [0.15, 0.2) is 28.8 Å². The Morgan fingerprint density at radius 3 is 2.68 bits per heavy atom. The van der Waals surface area contributed by atoms with Gasteiger partial charge in [0.25, 0.3) is 0 Å². The Bertz CT molecular complexity index is 656. The second-order valence-corrected chi connectivity index (χ2v) is 3.85. The number of halogens is 3. The fourth-order valence-electron chi connectivity index (χ4n) is 1.49. The van der Waals surface area contributed by atoms with Gasteiger partial charge in [0, 0.05) is 6.07 Å². The van der Waals surface area contributed by atoms with Crippen LogP contribution in [-0.4, -0.2) is 23.3 Å². The molecule has 19 heavy (non-hydrogen) atoms. The van der Waals surface area contributed by atoms with Crippen molar-refractivity contribution < 1.29 is 27.9 Å². The minimum absolute atomic E-state index is 0.173. The van der Waals surface area contributed by atoms with Gasteiger partial charge >= 0.3 is 5.97 Å². The van der Waals surface area contributed by atoms with E-state index in [4.69, 9.17) is 21.4 Å². The first-order chi connectivity index (χ1) is 8.95. The fraction of sp³-hybridized carbons (Fsp3) is 0.0909. The number of carbonyl (C=O) groups is 1. The van der Waals surface area contributed by atoms with Crippen LogP contribution in [0.1, 0.15) is 10.5 Å². The van der Waals surface area contributed by atoms with Gasteiger partial charge in [-0.05, 0) is 6.07 Å². The predicted molar refractivity (Wildman–Crippen MR) is 60.4 cm³/mol. The van der Waals surface area contributed by atoms with Crippen LogP contribution >= 0.6 is 11.6 Å². The zero-order chi connectivity index (χ0) is 14.2. The summed E-state index contributed by atoms with van der Waals surface area (Å²) in [4.78, 5) is 10.7. The van der Waals surface area contributed by atoms with E-state index in [1.807, 2.05) is 0 Å². The molecule has 0 atom stereocenters. The molecule has 0 radical (unpaired) electrons. The summed E-state index contributed by atoms with van der Waals surface area (Å²) >= 11 is 5.72. The highest BCUT2D eigenvalue weighted by atomic mass is 35.5. The SMILES string of the molecule is COc1c(Cl)cc(F)c(F)c1-c1cc(C(=O)O)no1. The maximum Gasteiger partial charge on any atom is 0.358 e. The first-order valence-corrected chi connectivity index (χ1v) is 5.25. The predicted octanol–water partition coefficient (Wildman–Crippen LogP) is 2.98. The minimum Gasteiger partial charge on any atom is -0.494 e. The number of carboxylic acids is 1. The second-order valence-electron chi connectivity index (χ2n) is 3.44. The molecule has 0 amide bonds. The van der Waals surface area contributed by atoms with Gasteiger partial charge in [-0.1, -0.05) is 16.8 Å². The highest BCUT2D eigenvalue weighted by molar-refractivity contribution is 6.32. The molecule has 5 nitrogen and oxygen atoms in total. The van der Waals surface area contributed by atoms with Crippen LogP contribution in [0.5, 0.6) is 5.75 Å². The molecule has 0 saturated heterocycles. The van der Waals surface area contributed by atoms with Crippen molar-refractivity contribution in [3.05, 3.63) is 34.5 Å². The van der Waals surface area contributed by atoms with E-state index >= 15 is 0 Å². The van der Waals surface area contributed by atoms with Gasteiger partial charge in [-0.15, -0.1) is 0 Å². The molecule has 0 spiro atoms.